The molecule has 0 saturated carbocycles. The Bertz CT molecular complexity index is 219. The number of rotatable bonds is 3. The van der Waals surface area contributed by atoms with Crippen molar-refractivity contribution < 1.29 is 9.59 Å². The number of imide groups is 1. The van der Waals surface area contributed by atoms with Crippen LogP contribution >= 0.6 is 0 Å². The molecule has 0 spiro atoms. The maximum atomic E-state index is 11.0. The van der Waals surface area contributed by atoms with Gasteiger partial charge in [0, 0.05) is 12.2 Å². The number of carbonyl (C=O) groups is 2. The lowest BCUT2D eigenvalue weighted by Crippen LogP contribution is -2.46. The van der Waals surface area contributed by atoms with Gasteiger partial charge in [0.2, 0.25) is 0 Å². The van der Waals surface area contributed by atoms with Gasteiger partial charge in [-0.3, -0.25) is 14.5 Å². The van der Waals surface area contributed by atoms with E-state index >= 15 is 0 Å². The highest BCUT2D eigenvalue weighted by molar-refractivity contribution is 6.13. The highest BCUT2D eigenvalue weighted by Crippen LogP contribution is 2.07. The van der Waals surface area contributed by atoms with Crippen molar-refractivity contribution in [2.75, 3.05) is 6.54 Å². The van der Waals surface area contributed by atoms with Crippen LogP contribution in [-0.2, 0) is 9.59 Å². The number of hydrogen-bond donors (Lipinski definition) is 2. The SMILES string of the molecule is NCCC(N)N1C(=O)C=CC1=O. The van der Waals surface area contributed by atoms with Crippen molar-refractivity contribution in [1.82, 2.24) is 4.90 Å². The van der Waals surface area contributed by atoms with E-state index in [9.17, 15) is 9.59 Å². The predicted octanol–water partition coefficient (Wildman–Crippen LogP) is -1.45. The second-order valence-corrected chi connectivity index (χ2v) is 2.52. The predicted molar refractivity (Wildman–Crippen MR) is 42.6 cm³/mol. The van der Waals surface area contributed by atoms with Gasteiger partial charge in [0.05, 0.1) is 6.17 Å². The molecule has 0 fully saturated rings. The molecule has 1 rings (SSSR count). The molecule has 0 bridgehead atoms. The Hall–Kier alpha value is -1.20. The number of carbonyl (C=O) groups excluding carboxylic acids is 2. The zero-order valence-corrected chi connectivity index (χ0v) is 6.56. The molecule has 12 heavy (non-hydrogen) atoms. The van der Waals surface area contributed by atoms with Crippen LogP contribution in [0.4, 0.5) is 0 Å². The minimum atomic E-state index is -0.593. The summed E-state index contributed by atoms with van der Waals surface area (Å²) in [6.07, 6.45) is 2.25. The van der Waals surface area contributed by atoms with Gasteiger partial charge in [-0.25, -0.2) is 0 Å². The Morgan fingerprint density at radius 2 is 1.83 bits per heavy atom. The average Bonchev–Trinajstić information content (AvgIpc) is 2.32. The zero-order valence-electron chi connectivity index (χ0n) is 6.56. The minimum Gasteiger partial charge on any atom is -0.330 e. The lowest BCUT2D eigenvalue weighted by atomic mass is 10.3. The van der Waals surface area contributed by atoms with Gasteiger partial charge in [-0.15, -0.1) is 0 Å². The summed E-state index contributed by atoms with van der Waals surface area (Å²) in [7, 11) is 0. The molecule has 5 nitrogen and oxygen atoms in total. The fraction of sp³-hybridized carbons (Fsp3) is 0.429. The molecule has 5 heteroatoms. The minimum absolute atomic E-state index is 0.359. The lowest BCUT2D eigenvalue weighted by molar-refractivity contribution is -0.139. The second-order valence-electron chi connectivity index (χ2n) is 2.52. The summed E-state index contributed by atoms with van der Waals surface area (Å²) in [5.41, 5.74) is 10.8. The quantitative estimate of drug-likeness (QED) is 0.505. The molecule has 4 N–H and O–H groups in total. The molecule has 1 atom stereocenters. The summed E-state index contributed by atoms with van der Waals surface area (Å²) in [6, 6.07) is 0. The topological polar surface area (TPSA) is 89.4 Å². The Labute approximate surface area is 70.0 Å². The molecular formula is C7H11N3O2. The van der Waals surface area contributed by atoms with Gasteiger partial charge in [-0.05, 0) is 13.0 Å². The normalized spacial score (nSPS) is 19.0. The molecule has 1 heterocycles. The van der Waals surface area contributed by atoms with Crippen LogP contribution in [0.25, 0.3) is 0 Å². The van der Waals surface area contributed by atoms with Gasteiger partial charge in [-0.1, -0.05) is 0 Å². The van der Waals surface area contributed by atoms with Crippen molar-refractivity contribution in [3.8, 4) is 0 Å². The van der Waals surface area contributed by atoms with Crippen LogP contribution in [0.5, 0.6) is 0 Å². The van der Waals surface area contributed by atoms with E-state index in [1.165, 1.54) is 12.2 Å². The third-order valence-electron chi connectivity index (χ3n) is 1.64. The van der Waals surface area contributed by atoms with Crippen molar-refractivity contribution in [3.63, 3.8) is 0 Å². The summed E-state index contributed by atoms with van der Waals surface area (Å²) in [4.78, 5) is 23.0. The summed E-state index contributed by atoms with van der Waals surface area (Å²) in [5.74, 6) is -0.720. The number of nitrogens with zero attached hydrogens (tertiary/aromatic N) is 1. The molecule has 2 amide bonds. The van der Waals surface area contributed by atoms with Crippen LogP contribution in [-0.4, -0.2) is 29.4 Å². The van der Waals surface area contributed by atoms with Gasteiger partial charge in [0.25, 0.3) is 11.8 Å². The summed E-state index contributed by atoms with van der Waals surface area (Å²) >= 11 is 0. The first-order valence-electron chi connectivity index (χ1n) is 3.67. The van der Waals surface area contributed by atoms with Gasteiger partial charge in [0.1, 0.15) is 0 Å². The third-order valence-corrected chi connectivity index (χ3v) is 1.64. The van der Waals surface area contributed by atoms with E-state index in [1.807, 2.05) is 0 Å². The first kappa shape index (κ1) is 8.89. The maximum absolute atomic E-state index is 11.0. The first-order chi connectivity index (χ1) is 5.66. The van der Waals surface area contributed by atoms with Crippen molar-refractivity contribution in [2.45, 2.75) is 12.6 Å². The second kappa shape index (κ2) is 3.46. The maximum Gasteiger partial charge on any atom is 0.254 e. The lowest BCUT2D eigenvalue weighted by Gasteiger charge is -2.21. The Balaban J connectivity index is 2.63. The monoisotopic (exact) mass is 169 g/mol. The van der Waals surface area contributed by atoms with Crippen molar-refractivity contribution in [1.29, 1.82) is 0 Å². The van der Waals surface area contributed by atoms with Crippen LogP contribution in [0.3, 0.4) is 0 Å². The summed E-state index contributed by atoms with van der Waals surface area (Å²) < 4.78 is 0. The van der Waals surface area contributed by atoms with Crippen LogP contribution in [0, 0.1) is 0 Å². The van der Waals surface area contributed by atoms with E-state index in [2.05, 4.69) is 0 Å². The van der Waals surface area contributed by atoms with Crippen LogP contribution < -0.4 is 11.5 Å². The number of nitrogens with two attached hydrogens (primary N) is 2. The van der Waals surface area contributed by atoms with Crippen molar-refractivity contribution in [3.05, 3.63) is 12.2 Å². The molecule has 1 aliphatic heterocycles. The number of hydrogen-bond acceptors (Lipinski definition) is 4. The number of amides is 2. The molecule has 1 aliphatic rings. The fourth-order valence-electron chi connectivity index (χ4n) is 1.04. The standard InChI is InChI=1S/C7H11N3O2/c8-4-3-5(9)10-6(11)1-2-7(10)12/h1-2,5H,3-4,8-9H2. The zero-order chi connectivity index (χ0) is 9.14. The van der Waals surface area contributed by atoms with Gasteiger partial charge in [-0.2, -0.15) is 0 Å². The van der Waals surface area contributed by atoms with E-state index in [4.69, 9.17) is 11.5 Å². The molecule has 66 valence electrons. The van der Waals surface area contributed by atoms with Gasteiger partial charge in [0.15, 0.2) is 0 Å². The van der Waals surface area contributed by atoms with Crippen LogP contribution in [0.1, 0.15) is 6.42 Å². The summed E-state index contributed by atoms with van der Waals surface area (Å²) in [5, 5.41) is 0. The first-order valence-corrected chi connectivity index (χ1v) is 3.67. The molecule has 0 saturated heterocycles. The van der Waals surface area contributed by atoms with E-state index in [1.54, 1.807) is 0 Å². The smallest absolute Gasteiger partial charge is 0.254 e. The van der Waals surface area contributed by atoms with Crippen LogP contribution in [0.15, 0.2) is 12.2 Å². The van der Waals surface area contributed by atoms with E-state index in [0.717, 1.165) is 4.90 Å². The highest BCUT2D eigenvalue weighted by Gasteiger charge is 2.27. The Morgan fingerprint density at radius 1 is 1.33 bits per heavy atom. The summed E-state index contributed by atoms with van der Waals surface area (Å²) in [6.45, 7) is 0.359. The fourth-order valence-corrected chi connectivity index (χ4v) is 1.04. The Kier molecular flexibility index (Phi) is 2.57. The average molecular weight is 169 g/mol. The van der Waals surface area contributed by atoms with E-state index in [0.29, 0.717) is 13.0 Å². The van der Waals surface area contributed by atoms with Crippen molar-refractivity contribution >= 4 is 11.8 Å². The molecular weight excluding hydrogens is 158 g/mol. The molecule has 1 unspecified atom stereocenters. The van der Waals surface area contributed by atoms with Crippen LogP contribution in [0.2, 0.25) is 0 Å². The molecule has 0 aromatic rings. The molecule has 0 aliphatic carbocycles. The highest BCUT2D eigenvalue weighted by atomic mass is 16.2. The van der Waals surface area contributed by atoms with Crippen molar-refractivity contribution in [2.24, 2.45) is 11.5 Å². The third kappa shape index (κ3) is 1.51. The Morgan fingerprint density at radius 3 is 2.25 bits per heavy atom. The molecule has 0 aromatic heterocycles. The van der Waals surface area contributed by atoms with E-state index < -0.39 is 6.17 Å². The van der Waals surface area contributed by atoms with Gasteiger partial charge >= 0.3 is 0 Å². The molecule has 0 aromatic carbocycles. The molecule has 0 radical (unpaired) electrons. The van der Waals surface area contributed by atoms with E-state index in [-0.39, 0.29) is 11.8 Å². The largest absolute Gasteiger partial charge is 0.330 e. The van der Waals surface area contributed by atoms with Gasteiger partial charge < -0.3 is 11.5 Å².